The summed E-state index contributed by atoms with van der Waals surface area (Å²) >= 11 is 1.19. The maximum atomic E-state index is 12.3. The molecule has 8 heteroatoms. The number of thioether (sulfide) groups is 1. The quantitative estimate of drug-likeness (QED) is 0.747. The van der Waals surface area contributed by atoms with Gasteiger partial charge in [0.1, 0.15) is 0 Å². The van der Waals surface area contributed by atoms with Gasteiger partial charge in [0.2, 0.25) is 0 Å². The highest BCUT2D eigenvalue weighted by atomic mass is 32.2. The molecular weight excluding hydrogens is 380 g/mol. The number of hydrogen-bond acceptors (Lipinski definition) is 6. The molecule has 1 heterocycles. The normalized spacial score (nSPS) is 16.3. The Kier molecular flexibility index (Phi) is 5.70. The van der Waals surface area contributed by atoms with Gasteiger partial charge in [0.15, 0.2) is 16.7 Å². The lowest BCUT2D eigenvalue weighted by Crippen LogP contribution is -2.19. The largest absolute Gasteiger partial charge is 0.493 e. The van der Waals surface area contributed by atoms with E-state index in [1.165, 1.54) is 23.9 Å². The number of amides is 1. The van der Waals surface area contributed by atoms with Crippen molar-refractivity contribution >= 4 is 40.6 Å². The molecule has 0 radical (unpaired) electrons. The van der Waals surface area contributed by atoms with Gasteiger partial charge < -0.3 is 19.9 Å². The molecule has 2 N–H and O–H groups in total. The fourth-order valence-corrected chi connectivity index (χ4v) is 3.38. The standard InChI is InChI=1S/C20H18N2O5S/c1-11-4-6-13(19(24)25)10-14(11)21-20-22-18(23)17(28-20)9-12-5-7-15(26-2)16(8-12)27-3/h4-10H,1-3H3,(H,24,25)(H,21,22,23)/b17-9+. The lowest BCUT2D eigenvalue weighted by molar-refractivity contribution is -0.115. The van der Waals surface area contributed by atoms with Crippen molar-refractivity contribution in [3.63, 3.8) is 0 Å². The Bertz CT molecular complexity index is 1010. The van der Waals surface area contributed by atoms with Crippen LogP contribution in [0.3, 0.4) is 0 Å². The monoisotopic (exact) mass is 398 g/mol. The highest BCUT2D eigenvalue weighted by Crippen LogP contribution is 2.32. The summed E-state index contributed by atoms with van der Waals surface area (Å²) in [5.74, 6) is -0.136. The Morgan fingerprint density at radius 1 is 1.14 bits per heavy atom. The van der Waals surface area contributed by atoms with Gasteiger partial charge >= 0.3 is 5.97 Å². The lowest BCUT2D eigenvalue weighted by Gasteiger charge is -2.07. The van der Waals surface area contributed by atoms with Crippen molar-refractivity contribution in [3.8, 4) is 11.5 Å². The first-order chi connectivity index (χ1) is 13.4. The van der Waals surface area contributed by atoms with E-state index in [2.05, 4.69) is 10.3 Å². The number of aromatic carboxylic acids is 1. The Balaban J connectivity index is 1.88. The first kappa shape index (κ1) is 19.5. The summed E-state index contributed by atoms with van der Waals surface area (Å²) in [4.78, 5) is 28.3. The summed E-state index contributed by atoms with van der Waals surface area (Å²) in [7, 11) is 3.10. The number of methoxy groups -OCH3 is 2. The zero-order chi connectivity index (χ0) is 20.3. The Labute approximate surface area is 166 Å². The van der Waals surface area contributed by atoms with Gasteiger partial charge in [-0.15, -0.1) is 0 Å². The van der Waals surface area contributed by atoms with Crippen LogP contribution >= 0.6 is 11.8 Å². The van der Waals surface area contributed by atoms with Gasteiger partial charge in [-0.3, -0.25) is 4.79 Å². The summed E-state index contributed by atoms with van der Waals surface area (Å²) in [5.41, 5.74) is 2.22. The Morgan fingerprint density at radius 2 is 1.89 bits per heavy atom. The second-order valence-electron chi connectivity index (χ2n) is 5.90. The van der Waals surface area contributed by atoms with Crippen molar-refractivity contribution in [3.05, 3.63) is 58.0 Å². The zero-order valence-corrected chi connectivity index (χ0v) is 16.3. The Morgan fingerprint density at radius 3 is 2.57 bits per heavy atom. The van der Waals surface area contributed by atoms with Crippen LogP contribution in [0.1, 0.15) is 21.5 Å². The molecule has 1 amide bonds. The van der Waals surface area contributed by atoms with E-state index >= 15 is 0 Å². The van der Waals surface area contributed by atoms with E-state index < -0.39 is 5.97 Å². The molecule has 0 spiro atoms. The average Bonchev–Trinajstić information content (AvgIpc) is 3.02. The van der Waals surface area contributed by atoms with Gasteiger partial charge in [0, 0.05) is 0 Å². The SMILES string of the molecule is COc1ccc(/C=C2/SC(=Nc3cc(C(=O)O)ccc3C)NC2=O)cc1OC. The predicted molar refractivity (Wildman–Crippen MR) is 108 cm³/mol. The molecule has 1 fully saturated rings. The van der Waals surface area contributed by atoms with Crippen molar-refractivity contribution in [2.75, 3.05) is 14.2 Å². The fourth-order valence-electron chi connectivity index (χ4n) is 2.55. The van der Waals surface area contributed by atoms with Crippen LogP contribution in [-0.2, 0) is 4.79 Å². The molecule has 1 aliphatic rings. The minimum atomic E-state index is -1.03. The molecule has 7 nitrogen and oxygen atoms in total. The van der Waals surface area contributed by atoms with Crippen molar-refractivity contribution < 1.29 is 24.2 Å². The third-order valence-electron chi connectivity index (χ3n) is 4.03. The molecule has 2 aromatic carbocycles. The van der Waals surface area contributed by atoms with Crippen molar-refractivity contribution in [1.29, 1.82) is 0 Å². The van der Waals surface area contributed by atoms with Gasteiger partial charge in [-0.05, 0) is 60.2 Å². The van der Waals surface area contributed by atoms with E-state index in [-0.39, 0.29) is 11.5 Å². The minimum absolute atomic E-state index is 0.139. The summed E-state index contributed by atoms with van der Waals surface area (Å²) in [5, 5.41) is 12.2. The molecule has 144 valence electrons. The fraction of sp³-hybridized carbons (Fsp3) is 0.150. The van der Waals surface area contributed by atoms with Crippen LogP contribution in [0.25, 0.3) is 6.08 Å². The maximum Gasteiger partial charge on any atom is 0.335 e. The van der Waals surface area contributed by atoms with Crippen molar-refractivity contribution in [2.24, 2.45) is 4.99 Å². The van der Waals surface area contributed by atoms with E-state index in [1.807, 2.05) is 13.0 Å². The molecule has 1 aliphatic heterocycles. The number of benzene rings is 2. The van der Waals surface area contributed by atoms with Crippen molar-refractivity contribution in [1.82, 2.24) is 5.32 Å². The summed E-state index contributed by atoms with van der Waals surface area (Å²) in [6, 6.07) is 10.0. The number of nitrogens with zero attached hydrogens (tertiary/aromatic N) is 1. The van der Waals surface area contributed by atoms with E-state index in [4.69, 9.17) is 14.6 Å². The number of carboxylic acids is 1. The van der Waals surface area contributed by atoms with Crippen molar-refractivity contribution in [2.45, 2.75) is 6.92 Å². The molecule has 0 atom stereocenters. The Hall–Kier alpha value is -3.26. The number of carboxylic acid groups (broad SMARTS) is 1. The number of carbonyl (C=O) groups is 2. The summed E-state index contributed by atoms with van der Waals surface area (Å²) in [6.45, 7) is 1.83. The van der Waals surface area contributed by atoms with Crippen LogP contribution in [0.5, 0.6) is 11.5 Å². The molecule has 3 rings (SSSR count). The van der Waals surface area contributed by atoms with Crippen LogP contribution in [0, 0.1) is 6.92 Å². The molecule has 2 aromatic rings. The third-order valence-corrected chi connectivity index (χ3v) is 4.94. The molecule has 0 bridgehead atoms. The van der Waals surface area contributed by atoms with Gasteiger partial charge in [-0.1, -0.05) is 12.1 Å². The lowest BCUT2D eigenvalue weighted by atomic mass is 10.1. The highest BCUT2D eigenvalue weighted by Gasteiger charge is 2.24. The highest BCUT2D eigenvalue weighted by molar-refractivity contribution is 8.18. The number of aryl methyl sites for hydroxylation is 1. The topological polar surface area (TPSA) is 97.2 Å². The molecular formula is C20H18N2O5S. The molecule has 28 heavy (non-hydrogen) atoms. The summed E-state index contributed by atoms with van der Waals surface area (Å²) in [6.07, 6.45) is 1.73. The second-order valence-corrected chi connectivity index (χ2v) is 6.93. The third kappa shape index (κ3) is 4.17. The molecule has 0 saturated carbocycles. The first-order valence-corrected chi connectivity index (χ1v) is 9.08. The van der Waals surface area contributed by atoms with Crippen LogP contribution in [0.4, 0.5) is 5.69 Å². The van der Waals surface area contributed by atoms with Crippen LogP contribution in [-0.4, -0.2) is 36.4 Å². The number of nitrogens with one attached hydrogen (secondary N) is 1. The number of rotatable bonds is 5. The first-order valence-electron chi connectivity index (χ1n) is 8.27. The van der Waals surface area contributed by atoms with E-state index in [0.717, 1.165) is 11.1 Å². The molecule has 0 aliphatic carbocycles. The van der Waals surface area contributed by atoms with E-state index in [9.17, 15) is 9.59 Å². The average molecular weight is 398 g/mol. The predicted octanol–water partition coefficient (Wildman–Crippen LogP) is 3.60. The van der Waals surface area contributed by atoms with E-state index in [1.54, 1.807) is 38.5 Å². The molecule has 0 unspecified atom stereocenters. The maximum absolute atomic E-state index is 12.3. The van der Waals surface area contributed by atoms with Gasteiger partial charge in [-0.25, -0.2) is 9.79 Å². The number of hydrogen-bond donors (Lipinski definition) is 2. The van der Waals surface area contributed by atoms with E-state index in [0.29, 0.717) is 27.3 Å². The van der Waals surface area contributed by atoms with Gasteiger partial charge in [-0.2, -0.15) is 0 Å². The smallest absolute Gasteiger partial charge is 0.335 e. The molecule has 1 saturated heterocycles. The van der Waals surface area contributed by atoms with Gasteiger partial charge in [0.25, 0.3) is 5.91 Å². The van der Waals surface area contributed by atoms with Crippen LogP contribution < -0.4 is 14.8 Å². The van der Waals surface area contributed by atoms with Gasteiger partial charge in [0.05, 0.1) is 30.4 Å². The number of aliphatic imine (C=N–C) groups is 1. The number of ether oxygens (including phenoxy) is 2. The number of carbonyl (C=O) groups excluding carboxylic acids is 1. The number of amidine groups is 1. The zero-order valence-electron chi connectivity index (χ0n) is 15.5. The second kappa shape index (κ2) is 8.18. The minimum Gasteiger partial charge on any atom is -0.493 e. The van der Waals surface area contributed by atoms with Crippen LogP contribution in [0.2, 0.25) is 0 Å². The van der Waals surface area contributed by atoms with Crippen LogP contribution in [0.15, 0.2) is 46.3 Å². The summed E-state index contributed by atoms with van der Waals surface area (Å²) < 4.78 is 10.5. The molecule has 0 aromatic heterocycles.